The van der Waals surface area contributed by atoms with Gasteiger partial charge in [0.05, 0.1) is 0 Å². The first-order valence-corrected chi connectivity index (χ1v) is 6.40. The summed E-state index contributed by atoms with van der Waals surface area (Å²) in [6.07, 6.45) is 5.01. The second-order valence-corrected chi connectivity index (χ2v) is 5.49. The standard InChI is InChI=1S/C15H23N/c1-11-7-8-14(10-12(11)2)15(16)9-5-4-6-13(15)3/h7-8,10,13H,4-6,9,16H2,1-3H3. The highest BCUT2D eigenvalue weighted by molar-refractivity contribution is 5.34. The lowest BCUT2D eigenvalue weighted by molar-refractivity contribution is 0.207. The molecule has 0 aromatic heterocycles. The summed E-state index contributed by atoms with van der Waals surface area (Å²) in [6.45, 7) is 6.64. The van der Waals surface area contributed by atoms with E-state index in [4.69, 9.17) is 5.73 Å². The summed E-state index contributed by atoms with van der Waals surface area (Å²) in [5, 5.41) is 0. The first-order valence-electron chi connectivity index (χ1n) is 6.40. The zero-order chi connectivity index (χ0) is 11.8. The highest BCUT2D eigenvalue weighted by Gasteiger charge is 2.35. The predicted molar refractivity (Wildman–Crippen MR) is 69.4 cm³/mol. The van der Waals surface area contributed by atoms with Gasteiger partial charge in [-0.3, -0.25) is 0 Å². The Bertz CT molecular complexity index is 383. The Morgan fingerprint density at radius 3 is 2.56 bits per heavy atom. The van der Waals surface area contributed by atoms with E-state index in [-0.39, 0.29) is 5.54 Å². The molecule has 0 aliphatic heterocycles. The average Bonchev–Trinajstić information content (AvgIpc) is 2.26. The Balaban J connectivity index is 2.37. The largest absolute Gasteiger partial charge is 0.321 e. The van der Waals surface area contributed by atoms with E-state index in [0.717, 1.165) is 6.42 Å². The van der Waals surface area contributed by atoms with Gasteiger partial charge in [0.1, 0.15) is 0 Å². The zero-order valence-corrected chi connectivity index (χ0v) is 10.7. The highest BCUT2D eigenvalue weighted by Crippen LogP contribution is 2.39. The molecule has 2 N–H and O–H groups in total. The van der Waals surface area contributed by atoms with Crippen molar-refractivity contribution in [1.82, 2.24) is 0 Å². The minimum absolute atomic E-state index is 0.0866. The molecule has 0 spiro atoms. The third-order valence-electron chi connectivity index (χ3n) is 4.40. The Hall–Kier alpha value is -0.820. The predicted octanol–water partition coefficient (Wildman–Crippen LogP) is 3.67. The molecule has 16 heavy (non-hydrogen) atoms. The van der Waals surface area contributed by atoms with Gasteiger partial charge in [0.25, 0.3) is 0 Å². The first-order chi connectivity index (χ1) is 7.54. The molecule has 1 aromatic carbocycles. The number of benzene rings is 1. The van der Waals surface area contributed by atoms with Crippen LogP contribution >= 0.6 is 0 Å². The molecule has 1 heteroatoms. The molecule has 1 saturated carbocycles. The van der Waals surface area contributed by atoms with Crippen molar-refractivity contribution in [2.75, 3.05) is 0 Å². The normalized spacial score (nSPS) is 30.4. The van der Waals surface area contributed by atoms with Crippen LogP contribution in [0, 0.1) is 19.8 Å². The minimum Gasteiger partial charge on any atom is -0.321 e. The maximum absolute atomic E-state index is 6.64. The van der Waals surface area contributed by atoms with Gasteiger partial charge >= 0.3 is 0 Å². The van der Waals surface area contributed by atoms with Gasteiger partial charge in [-0.15, -0.1) is 0 Å². The van der Waals surface area contributed by atoms with Crippen molar-refractivity contribution in [3.63, 3.8) is 0 Å². The molecule has 1 fully saturated rings. The van der Waals surface area contributed by atoms with E-state index >= 15 is 0 Å². The van der Waals surface area contributed by atoms with Crippen molar-refractivity contribution in [2.45, 2.75) is 52.0 Å². The van der Waals surface area contributed by atoms with E-state index in [1.54, 1.807) is 0 Å². The van der Waals surface area contributed by atoms with Crippen LogP contribution in [0.1, 0.15) is 49.3 Å². The Kier molecular flexibility index (Phi) is 3.07. The van der Waals surface area contributed by atoms with E-state index < -0.39 is 0 Å². The van der Waals surface area contributed by atoms with Crippen LogP contribution in [0.15, 0.2) is 18.2 Å². The lowest BCUT2D eigenvalue weighted by Crippen LogP contribution is -2.45. The van der Waals surface area contributed by atoms with Crippen LogP contribution in [0.5, 0.6) is 0 Å². The average molecular weight is 217 g/mol. The van der Waals surface area contributed by atoms with Crippen LogP contribution < -0.4 is 5.73 Å². The molecule has 2 rings (SSSR count). The lowest BCUT2D eigenvalue weighted by Gasteiger charge is -2.40. The van der Waals surface area contributed by atoms with Crippen molar-refractivity contribution in [3.05, 3.63) is 34.9 Å². The van der Waals surface area contributed by atoms with Crippen LogP contribution in [-0.4, -0.2) is 0 Å². The number of hydrogen-bond acceptors (Lipinski definition) is 1. The molecule has 0 saturated heterocycles. The topological polar surface area (TPSA) is 26.0 Å². The van der Waals surface area contributed by atoms with Crippen LogP contribution in [-0.2, 0) is 5.54 Å². The van der Waals surface area contributed by atoms with Gasteiger partial charge in [-0.2, -0.15) is 0 Å². The van der Waals surface area contributed by atoms with E-state index in [2.05, 4.69) is 39.0 Å². The van der Waals surface area contributed by atoms with Crippen LogP contribution in [0.25, 0.3) is 0 Å². The van der Waals surface area contributed by atoms with Crippen molar-refractivity contribution >= 4 is 0 Å². The van der Waals surface area contributed by atoms with E-state index in [1.807, 2.05) is 0 Å². The smallest absolute Gasteiger partial charge is 0.0435 e. The molecule has 2 unspecified atom stereocenters. The molecule has 88 valence electrons. The summed E-state index contributed by atoms with van der Waals surface area (Å²) in [5.74, 6) is 0.600. The number of nitrogens with two attached hydrogens (primary N) is 1. The van der Waals surface area contributed by atoms with Crippen LogP contribution in [0.3, 0.4) is 0 Å². The number of rotatable bonds is 1. The van der Waals surface area contributed by atoms with Crippen molar-refractivity contribution in [2.24, 2.45) is 11.7 Å². The first kappa shape index (κ1) is 11.7. The zero-order valence-electron chi connectivity index (χ0n) is 10.7. The third kappa shape index (κ3) is 1.89. The van der Waals surface area contributed by atoms with Gasteiger partial charge in [-0.05, 0) is 49.3 Å². The summed E-state index contributed by atoms with van der Waals surface area (Å²) < 4.78 is 0. The minimum atomic E-state index is -0.0866. The summed E-state index contributed by atoms with van der Waals surface area (Å²) >= 11 is 0. The summed E-state index contributed by atoms with van der Waals surface area (Å²) in [7, 11) is 0. The van der Waals surface area contributed by atoms with Gasteiger partial charge in [0.2, 0.25) is 0 Å². The Morgan fingerprint density at radius 2 is 1.94 bits per heavy atom. The molecule has 0 bridgehead atoms. The van der Waals surface area contributed by atoms with E-state index in [1.165, 1.54) is 36.0 Å². The Morgan fingerprint density at radius 1 is 1.19 bits per heavy atom. The van der Waals surface area contributed by atoms with E-state index in [9.17, 15) is 0 Å². The molecule has 0 heterocycles. The van der Waals surface area contributed by atoms with Crippen molar-refractivity contribution in [3.8, 4) is 0 Å². The van der Waals surface area contributed by atoms with Gasteiger partial charge < -0.3 is 5.73 Å². The molecule has 1 nitrogen and oxygen atoms in total. The van der Waals surface area contributed by atoms with Crippen molar-refractivity contribution < 1.29 is 0 Å². The van der Waals surface area contributed by atoms with Gasteiger partial charge in [-0.25, -0.2) is 0 Å². The van der Waals surface area contributed by atoms with E-state index in [0.29, 0.717) is 5.92 Å². The maximum Gasteiger partial charge on any atom is 0.0435 e. The quantitative estimate of drug-likeness (QED) is 0.763. The summed E-state index contributed by atoms with van der Waals surface area (Å²) in [4.78, 5) is 0. The third-order valence-corrected chi connectivity index (χ3v) is 4.40. The Labute approximate surface area is 99.0 Å². The lowest BCUT2D eigenvalue weighted by atomic mass is 9.70. The van der Waals surface area contributed by atoms with Crippen LogP contribution in [0.2, 0.25) is 0 Å². The molecular weight excluding hydrogens is 194 g/mol. The monoisotopic (exact) mass is 217 g/mol. The summed E-state index contributed by atoms with van der Waals surface area (Å²) in [6, 6.07) is 6.72. The van der Waals surface area contributed by atoms with Gasteiger partial charge in [-0.1, -0.05) is 38.0 Å². The second-order valence-electron chi connectivity index (χ2n) is 5.49. The van der Waals surface area contributed by atoms with Gasteiger partial charge in [0, 0.05) is 5.54 Å². The maximum atomic E-state index is 6.64. The van der Waals surface area contributed by atoms with Gasteiger partial charge in [0.15, 0.2) is 0 Å². The number of aryl methyl sites for hydroxylation is 2. The molecule has 1 aliphatic rings. The number of hydrogen-bond donors (Lipinski definition) is 1. The van der Waals surface area contributed by atoms with Crippen molar-refractivity contribution in [1.29, 1.82) is 0 Å². The summed E-state index contributed by atoms with van der Waals surface area (Å²) in [5.41, 5.74) is 10.6. The SMILES string of the molecule is Cc1ccc(C2(N)CCCCC2C)cc1C. The molecule has 2 atom stereocenters. The molecular formula is C15H23N. The molecule has 0 amide bonds. The fraction of sp³-hybridized carbons (Fsp3) is 0.600. The molecule has 0 radical (unpaired) electrons. The highest BCUT2D eigenvalue weighted by atomic mass is 14.8. The second kappa shape index (κ2) is 4.21. The fourth-order valence-corrected chi connectivity index (χ4v) is 2.83. The molecule has 1 aliphatic carbocycles. The van der Waals surface area contributed by atoms with Crippen LogP contribution in [0.4, 0.5) is 0 Å². The molecule has 1 aromatic rings. The fourth-order valence-electron chi connectivity index (χ4n) is 2.83.